The smallest absolute Gasteiger partial charge is 0.251 e. The van der Waals surface area contributed by atoms with Gasteiger partial charge in [-0.3, -0.25) is 14.8 Å². The van der Waals surface area contributed by atoms with Gasteiger partial charge in [-0.1, -0.05) is 88.7 Å². The van der Waals surface area contributed by atoms with Crippen molar-refractivity contribution in [2.24, 2.45) is 34.5 Å². The molecule has 10 heteroatoms. The van der Waals surface area contributed by atoms with Gasteiger partial charge >= 0.3 is 0 Å². The third kappa shape index (κ3) is 5.73. The Labute approximate surface area is 301 Å². The molecule has 12 atom stereocenters. The number of carbonyl (C=O) groups is 2. The molecule has 1 saturated heterocycles. The second-order valence-electron chi connectivity index (χ2n) is 16.6. The molecule has 0 radical (unpaired) electrons. The SMILES string of the molecule is CC1=C2C(O)C(=O)[C@]3(C)C(C)CC4OC[C@@]4(O)C3C(C)C(O)(CC1[C@@H](OO)C(OC(C)C)C(NC(=O)c1ccccc1)c1ccccc1)C2(C)C. The molecule has 0 spiro atoms. The van der Waals surface area contributed by atoms with Crippen LogP contribution >= 0.6 is 0 Å². The molecule has 4 aliphatic rings. The van der Waals surface area contributed by atoms with E-state index in [0.29, 0.717) is 28.7 Å². The van der Waals surface area contributed by atoms with Crippen molar-refractivity contribution in [3.8, 4) is 0 Å². The zero-order chi connectivity index (χ0) is 37.3. The summed E-state index contributed by atoms with van der Waals surface area (Å²) in [6, 6.07) is 17.3. The van der Waals surface area contributed by atoms with Crippen LogP contribution in [0.1, 0.15) is 90.2 Å². The van der Waals surface area contributed by atoms with Crippen LogP contribution in [0.5, 0.6) is 0 Å². The fourth-order valence-corrected chi connectivity index (χ4v) is 10.6. The molecule has 2 aromatic carbocycles. The van der Waals surface area contributed by atoms with Gasteiger partial charge in [0, 0.05) is 28.2 Å². The number of amides is 1. The fraction of sp³-hybridized carbons (Fsp3) is 0.610. The normalized spacial score (nSPS) is 37.6. The van der Waals surface area contributed by atoms with Crippen molar-refractivity contribution in [2.75, 3.05) is 6.61 Å². The number of Topliss-reactive ketones (excluding diaryl/α,β-unsaturated/α-hetero) is 1. The number of carbonyl (C=O) groups excluding carboxylic acids is 2. The van der Waals surface area contributed by atoms with E-state index in [0.717, 1.165) is 0 Å². The van der Waals surface area contributed by atoms with Gasteiger partial charge in [-0.05, 0) is 68.7 Å². The molecule has 0 aromatic heterocycles. The topological polar surface area (TPSA) is 155 Å². The van der Waals surface area contributed by atoms with Crippen LogP contribution in [0.2, 0.25) is 0 Å². The van der Waals surface area contributed by atoms with Crippen LogP contribution < -0.4 is 5.32 Å². The number of fused-ring (bicyclic) bond motifs is 5. The molecule has 2 aromatic rings. The van der Waals surface area contributed by atoms with Gasteiger partial charge in [-0.25, -0.2) is 4.89 Å². The van der Waals surface area contributed by atoms with E-state index in [4.69, 9.17) is 14.4 Å². The average molecular weight is 706 g/mol. The van der Waals surface area contributed by atoms with E-state index in [-0.39, 0.29) is 31.0 Å². The average Bonchev–Trinajstić information content (AvgIpc) is 3.09. The summed E-state index contributed by atoms with van der Waals surface area (Å²) in [5, 5.41) is 51.8. The number of aliphatic hydroxyl groups is 3. The summed E-state index contributed by atoms with van der Waals surface area (Å²) in [6.07, 6.45) is -4.13. The lowest BCUT2D eigenvalue weighted by Gasteiger charge is -2.68. The van der Waals surface area contributed by atoms with Crippen molar-refractivity contribution in [1.82, 2.24) is 5.32 Å². The summed E-state index contributed by atoms with van der Waals surface area (Å²) in [5.74, 6) is -3.18. The summed E-state index contributed by atoms with van der Waals surface area (Å²) < 4.78 is 12.4. The minimum atomic E-state index is -1.61. The summed E-state index contributed by atoms with van der Waals surface area (Å²) in [5.41, 5.74) is -3.15. The number of benzene rings is 2. The second kappa shape index (κ2) is 13.5. The number of ether oxygens (including phenoxy) is 2. The number of ketones is 1. The fourth-order valence-electron chi connectivity index (χ4n) is 10.6. The highest BCUT2D eigenvalue weighted by atomic mass is 17.1. The van der Waals surface area contributed by atoms with Gasteiger partial charge in [-0.2, -0.15) is 0 Å². The Morgan fingerprint density at radius 2 is 1.61 bits per heavy atom. The van der Waals surface area contributed by atoms with Crippen molar-refractivity contribution < 1.29 is 44.5 Å². The maximum Gasteiger partial charge on any atom is 0.251 e. The lowest BCUT2D eigenvalue weighted by Crippen LogP contribution is -2.77. The van der Waals surface area contributed by atoms with Crippen molar-refractivity contribution in [3.05, 3.63) is 82.9 Å². The monoisotopic (exact) mass is 705 g/mol. The molecule has 9 unspecified atom stereocenters. The quantitative estimate of drug-likeness (QED) is 0.133. The van der Waals surface area contributed by atoms with E-state index in [9.17, 15) is 30.2 Å². The first-order valence-electron chi connectivity index (χ1n) is 18.3. The Morgan fingerprint density at radius 3 is 2.16 bits per heavy atom. The predicted molar refractivity (Wildman–Crippen MR) is 190 cm³/mol. The number of hydrogen-bond donors (Lipinski definition) is 5. The minimum absolute atomic E-state index is 0.0343. The molecule has 1 heterocycles. The first-order chi connectivity index (χ1) is 23.9. The zero-order valence-corrected chi connectivity index (χ0v) is 31.0. The number of hydrogen-bond acceptors (Lipinski definition) is 9. The van der Waals surface area contributed by atoms with Gasteiger partial charge < -0.3 is 30.1 Å². The van der Waals surface area contributed by atoms with Crippen LogP contribution in [0.15, 0.2) is 71.8 Å². The molecular formula is C41H55NO9. The Balaban J connectivity index is 1.51. The number of nitrogens with one attached hydrogen (secondary N) is 1. The van der Waals surface area contributed by atoms with Gasteiger partial charge in [0.2, 0.25) is 0 Å². The van der Waals surface area contributed by atoms with Crippen LogP contribution in [0.3, 0.4) is 0 Å². The molecule has 1 amide bonds. The molecule has 3 aliphatic carbocycles. The Hall–Kier alpha value is -2.96. The van der Waals surface area contributed by atoms with Crippen molar-refractivity contribution >= 4 is 11.7 Å². The molecule has 1 aliphatic heterocycles. The van der Waals surface area contributed by atoms with Crippen LogP contribution in [0.4, 0.5) is 0 Å². The van der Waals surface area contributed by atoms with Crippen LogP contribution in [0, 0.1) is 34.5 Å². The van der Waals surface area contributed by atoms with E-state index in [1.807, 2.05) is 91.8 Å². The summed E-state index contributed by atoms with van der Waals surface area (Å²) in [6.45, 7) is 14.9. The molecule has 5 N–H and O–H groups in total. The summed E-state index contributed by atoms with van der Waals surface area (Å²) in [4.78, 5) is 33.9. The highest BCUT2D eigenvalue weighted by Crippen LogP contribution is 2.66. The van der Waals surface area contributed by atoms with Crippen LogP contribution in [-0.2, 0) is 19.2 Å². The predicted octanol–water partition coefficient (Wildman–Crippen LogP) is 5.28. The molecule has 3 fully saturated rings. The van der Waals surface area contributed by atoms with Crippen molar-refractivity contribution in [1.29, 1.82) is 0 Å². The van der Waals surface area contributed by atoms with Crippen LogP contribution in [-0.4, -0.2) is 80.6 Å². The lowest BCUT2D eigenvalue weighted by atomic mass is 9.41. The van der Waals surface area contributed by atoms with E-state index >= 15 is 0 Å². The van der Waals surface area contributed by atoms with E-state index in [1.165, 1.54) is 0 Å². The molecule has 6 rings (SSSR count). The van der Waals surface area contributed by atoms with Crippen molar-refractivity contribution in [3.63, 3.8) is 0 Å². The molecule has 51 heavy (non-hydrogen) atoms. The Bertz CT molecular complexity index is 1640. The first kappa shape index (κ1) is 37.8. The highest BCUT2D eigenvalue weighted by Gasteiger charge is 2.73. The number of rotatable bonds is 9. The molecule has 278 valence electrons. The van der Waals surface area contributed by atoms with Gasteiger partial charge in [0.25, 0.3) is 5.91 Å². The first-order valence-corrected chi connectivity index (χ1v) is 18.3. The molecular weight excluding hydrogens is 650 g/mol. The van der Waals surface area contributed by atoms with Crippen molar-refractivity contribution in [2.45, 2.75) is 116 Å². The van der Waals surface area contributed by atoms with E-state index in [1.54, 1.807) is 24.3 Å². The largest absolute Gasteiger partial charge is 0.389 e. The Morgan fingerprint density at radius 1 is 1.00 bits per heavy atom. The zero-order valence-electron chi connectivity index (χ0n) is 31.0. The van der Waals surface area contributed by atoms with Gasteiger partial charge in [0.05, 0.1) is 30.5 Å². The van der Waals surface area contributed by atoms with E-state index < -0.39 is 76.0 Å². The second-order valence-corrected chi connectivity index (χ2v) is 16.6. The molecule has 2 saturated carbocycles. The Kier molecular flexibility index (Phi) is 9.98. The maximum atomic E-state index is 14.8. The molecule has 10 nitrogen and oxygen atoms in total. The van der Waals surface area contributed by atoms with Gasteiger partial charge in [-0.15, -0.1) is 0 Å². The van der Waals surface area contributed by atoms with Gasteiger partial charge in [0.1, 0.15) is 23.9 Å². The maximum absolute atomic E-state index is 14.8. The van der Waals surface area contributed by atoms with E-state index in [2.05, 4.69) is 5.32 Å². The van der Waals surface area contributed by atoms with Gasteiger partial charge in [0.15, 0.2) is 5.78 Å². The third-order valence-corrected chi connectivity index (χ3v) is 13.5. The number of aliphatic hydroxyl groups excluding tert-OH is 1. The summed E-state index contributed by atoms with van der Waals surface area (Å²) in [7, 11) is 0. The molecule has 2 bridgehead atoms. The third-order valence-electron chi connectivity index (χ3n) is 13.5. The standard InChI is InChI=1S/C41H55NO9/c1-22(2)50-34(31(26-15-11-9-12-16-26)42-37(45)27-17-13-10-14-18-27)33(51-48)28-20-41(47)25(5)35-39(8,23(3)19-29-40(35,46)21-49-29)36(44)32(43)30(24(28)4)38(41,6)7/h9-18,22-23,25,28-29,31-35,43,46-48H,19-21H2,1-8H3,(H,42,45)/t23?,25?,28?,29?,31?,32?,33-,34?,35?,39-,40+,41?/m1/s1. The van der Waals surface area contributed by atoms with Crippen LogP contribution in [0.25, 0.3) is 0 Å². The summed E-state index contributed by atoms with van der Waals surface area (Å²) >= 11 is 0. The lowest BCUT2D eigenvalue weighted by molar-refractivity contribution is -0.335. The highest BCUT2D eigenvalue weighted by molar-refractivity contribution is 5.94. The minimum Gasteiger partial charge on any atom is -0.389 e.